The van der Waals surface area contributed by atoms with Crippen LogP contribution in [0.1, 0.15) is 39.0 Å². The normalized spacial score (nSPS) is 18.0. The molecule has 1 fully saturated rings. The van der Waals surface area contributed by atoms with E-state index in [9.17, 15) is 14.3 Å². The highest BCUT2D eigenvalue weighted by Gasteiger charge is 2.25. The molecule has 1 aliphatic carbocycles. The lowest BCUT2D eigenvalue weighted by Gasteiger charge is -2.21. The van der Waals surface area contributed by atoms with E-state index in [1.807, 2.05) is 0 Å². The molecule has 4 nitrogen and oxygen atoms in total. The lowest BCUT2D eigenvalue weighted by atomic mass is 10.0. The van der Waals surface area contributed by atoms with Crippen molar-refractivity contribution in [3.63, 3.8) is 0 Å². The van der Waals surface area contributed by atoms with Crippen LogP contribution in [0, 0.1) is 11.7 Å². The zero-order valence-corrected chi connectivity index (χ0v) is 12.9. The van der Waals surface area contributed by atoms with Crippen molar-refractivity contribution in [2.45, 2.75) is 51.2 Å². The van der Waals surface area contributed by atoms with E-state index < -0.39 is 18.0 Å². The summed E-state index contributed by atoms with van der Waals surface area (Å²) in [6, 6.07) is 6.02. The number of para-hydroxylation sites is 1. The molecule has 1 aliphatic rings. The Morgan fingerprint density at radius 3 is 2.73 bits per heavy atom. The maximum atomic E-state index is 13.6. The predicted molar refractivity (Wildman–Crippen MR) is 82.1 cm³/mol. The number of carbonyl (C=O) groups excluding carboxylic acids is 1. The molecule has 0 radical (unpaired) electrons. The van der Waals surface area contributed by atoms with E-state index >= 15 is 0 Å². The maximum absolute atomic E-state index is 13.6. The lowest BCUT2D eigenvalue weighted by molar-refractivity contribution is -0.128. The van der Waals surface area contributed by atoms with Gasteiger partial charge in [0.15, 0.2) is 17.7 Å². The van der Waals surface area contributed by atoms with Gasteiger partial charge in [0.1, 0.15) is 0 Å². The Labute approximate surface area is 130 Å². The number of ether oxygens (including phenoxy) is 1. The third kappa shape index (κ3) is 4.44. The number of hydrogen-bond donors (Lipinski definition) is 2. The molecular formula is C17H24FNO3. The van der Waals surface area contributed by atoms with Gasteiger partial charge in [-0.25, -0.2) is 4.39 Å². The quantitative estimate of drug-likeness (QED) is 0.814. The number of benzene rings is 1. The molecule has 1 aromatic carbocycles. The molecule has 122 valence electrons. The highest BCUT2D eigenvalue weighted by atomic mass is 19.1. The van der Waals surface area contributed by atoms with Crippen LogP contribution in [0.5, 0.6) is 5.75 Å². The van der Waals surface area contributed by atoms with Crippen molar-refractivity contribution in [3.05, 3.63) is 30.1 Å². The standard InChI is InChI=1S/C17H24FNO3/c1-2-15(22-16-10-6-5-9-13(16)18)17(21)19-11-14(20)12-7-3-4-8-12/h5-6,9-10,12,14-15,20H,2-4,7-8,11H2,1H3,(H,19,21). The zero-order chi connectivity index (χ0) is 15.9. The summed E-state index contributed by atoms with van der Waals surface area (Å²) in [4.78, 5) is 12.1. The van der Waals surface area contributed by atoms with Crippen molar-refractivity contribution in [2.75, 3.05) is 6.54 Å². The number of halogens is 1. The summed E-state index contributed by atoms with van der Waals surface area (Å²) in [6.07, 6.45) is 3.47. The number of amides is 1. The first-order chi connectivity index (χ1) is 10.6. The SMILES string of the molecule is CCC(Oc1ccccc1F)C(=O)NCC(O)C1CCCC1. The fourth-order valence-electron chi connectivity index (χ4n) is 2.84. The number of carbonyl (C=O) groups is 1. The fraction of sp³-hybridized carbons (Fsp3) is 0.588. The smallest absolute Gasteiger partial charge is 0.261 e. The topological polar surface area (TPSA) is 58.6 Å². The number of aliphatic hydroxyl groups excluding tert-OH is 1. The van der Waals surface area contributed by atoms with Gasteiger partial charge in [0.2, 0.25) is 0 Å². The number of nitrogens with one attached hydrogen (secondary N) is 1. The van der Waals surface area contributed by atoms with Gasteiger partial charge in [-0.15, -0.1) is 0 Å². The van der Waals surface area contributed by atoms with E-state index in [0.717, 1.165) is 25.7 Å². The van der Waals surface area contributed by atoms with Crippen LogP contribution in [0.25, 0.3) is 0 Å². The van der Waals surface area contributed by atoms with Gasteiger partial charge in [0, 0.05) is 6.54 Å². The molecule has 2 atom stereocenters. The van der Waals surface area contributed by atoms with Gasteiger partial charge < -0.3 is 15.2 Å². The number of aliphatic hydroxyl groups is 1. The van der Waals surface area contributed by atoms with Gasteiger partial charge >= 0.3 is 0 Å². The van der Waals surface area contributed by atoms with E-state index in [0.29, 0.717) is 6.42 Å². The first-order valence-corrected chi connectivity index (χ1v) is 7.98. The molecule has 0 aromatic heterocycles. The monoisotopic (exact) mass is 309 g/mol. The van der Waals surface area contributed by atoms with Gasteiger partial charge in [-0.3, -0.25) is 4.79 Å². The molecule has 2 rings (SSSR count). The van der Waals surface area contributed by atoms with Crippen LogP contribution in [0.4, 0.5) is 4.39 Å². The second kappa shape index (κ2) is 8.13. The molecule has 1 saturated carbocycles. The molecule has 5 heteroatoms. The minimum absolute atomic E-state index is 0.0702. The van der Waals surface area contributed by atoms with Crippen LogP contribution >= 0.6 is 0 Å². The summed E-state index contributed by atoms with van der Waals surface area (Å²) in [7, 11) is 0. The van der Waals surface area contributed by atoms with Crippen molar-refractivity contribution in [1.82, 2.24) is 5.32 Å². The van der Waals surface area contributed by atoms with Gasteiger partial charge in [-0.2, -0.15) is 0 Å². The van der Waals surface area contributed by atoms with E-state index in [1.165, 1.54) is 12.1 Å². The van der Waals surface area contributed by atoms with E-state index in [1.54, 1.807) is 19.1 Å². The summed E-state index contributed by atoms with van der Waals surface area (Å²) >= 11 is 0. The minimum atomic E-state index is -0.757. The van der Waals surface area contributed by atoms with E-state index in [4.69, 9.17) is 4.74 Å². The third-order valence-corrected chi connectivity index (χ3v) is 4.20. The predicted octanol–water partition coefficient (Wildman–Crippen LogP) is 2.65. The van der Waals surface area contributed by atoms with Crippen molar-refractivity contribution in [3.8, 4) is 5.75 Å². The maximum Gasteiger partial charge on any atom is 0.261 e. The highest BCUT2D eigenvalue weighted by Crippen LogP contribution is 2.27. The average molecular weight is 309 g/mol. The van der Waals surface area contributed by atoms with Crippen molar-refractivity contribution in [2.24, 2.45) is 5.92 Å². The first kappa shape index (κ1) is 16.7. The van der Waals surface area contributed by atoms with Crippen molar-refractivity contribution < 1.29 is 19.0 Å². The van der Waals surface area contributed by atoms with Crippen LogP contribution in [-0.4, -0.2) is 29.8 Å². The molecule has 0 spiro atoms. The Kier molecular flexibility index (Phi) is 6.19. The Morgan fingerprint density at radius 2 is 2.09 bits per heavy atom. The molecule has 2 unspecified atom stereocenters. The first-order valence-electron chi connectivity index (χ1n) is 7.98. The van der Waals surface area contributed by atoms with Gasteiger partial charge in [0.05, 0.1) is 6.10 Å². The molecule has 1 aromatic rings. The molecular weight excluding hydrogens is 285 g/mol. The Hall–Kier alpha value is -1.62. The molecule has 22 heavy (non-hydrogen) atoms. The molecule has 1 amide bonds. The molecule has 0 saturated heterocycles. The molecule has 2 N–H and O–H groups in total. The summed E-state index contributed by atoms with van der Waals surface area (Å²) in [5.74, 6) is -0.462. The van der Waals surface area contributed by atoms with Gasteiger partial charge in [-0.05, 0) is 37.3 Å². The van der Waals surface area contributed by atoms with Gasteiger partial charge in [-0.1, -0.05) is 31.9 Å². The van der Waals surface area contributed by atoms with Crippen molar-refractivity contribution in [1.29, 1.82) is 0 Å². The summed E-state index contributed by atoms with van der Waals surface area (Å²) in [5.41, 5.74) is 0. The Balaban J connectivity index is 1.84. The second-order valence-electron chi connectivity index (χ2n) is 5.80. The van der Waals surface area contributed by atoms with Gasteiger partial charge in [0.25, 0.3) is 5.91 Å². The average Bonchev–Trinajstić information content (AvgIpc) is 3.06. The zero-order valence-electron chi connectivity index (χ0n) is 12.9. The highest BCUT2D eigenvalue weighted by molar-refractivity contribution is 5.81. The second-order valence-corrected chi connectivity index (χ2v) is 5.80. The van der Waals surface area contributed by atoms with E-state index in [-0.39, 0.29) is 24.1 Å². The Bertz CT molecular complexity index is 489. The van der Waals surface area contributed by atoms with E-state index in [2.05, 4.69) is 5.32 Å². The lowest BCUT2D eigenvalue weighted by Crippen LogP contribution is -2.43. The molecule has 0 aliphatic heterocycles. The Morgan fingerprint density at radius 1 is 1.41 bits per heavy atom. The van der Waals surface area contributed by atoms with Crippen molar-refractivity contribution >= 4 is 5.91 Å². The fourth-order valence-corrected chi connectivity index (χ4v) is 2.84. The van der Waals surface area contributed by atoms with Crippen LogP contribution in [0.3, 0.4) is 0 Å². The third-order valence-electron chi connectivity index (χ3n) is 4.20. The largest absolute Gasteiger partial charge is 0.478 e. The van der Waals surface area contributed by atoms with Crippen LogP contribution in [0.2, 0.25) is 0 Å². The summed E-state index contributed by atoms with van der Waals surface area (Å²) in [6.45, 7) is 2.03. The van der Waals surface area contributed by atoms with Crippen LogP contribution in [-0.2, 0) is 4.79 Å². The number of hydrogen-bond acceptors (Lipinski definition) is 3. The minimum Gasteiger partial charge on any atom is -0.478 e. The van der Waals surface area contributed by atoms with Crippen LogP contribution in [0.15, 0.2) is 24.3 Å². The number of rotatable bonds is 7. The summed E-state index contributed by atoms with van der Waals surface area (Å²) < 4.78 is 19.0. The summed E-state index contributed by atoms with van der Waals surface area (Å²) in [5, 5.41) is 12.8. The van der Waals surface area contributed by atoms with Crippen LogP contribution < -0.4 is 10.1 Å². The molecule has 0 heterocycles. The molecule has 0 bridgehead atoms.